The number of carbonyl (C=O) groups excluding carboxylic acids is 2. The number of rotatable bonds is 20. The molecule has 248 valence electrons. The highest BCUT2D eigenvalue weighted by molar-refractivity contribution is 5.76. The van der Waals surface area contributed by atoms with Crippen LogP contribution < -0.4 is 0 Å². The van der Waals surface area contributed by atoms with Crippen molar-refractivity contribution in [3.05, 3.63) is 0 Å². The summed E-state index contributed by atoms with van der Waals surface area (Å²) in [7, 11) is 0. The number of halogens is 6. The fourth-order valence-electron chi connectivity index (χ4n) is 4.61. The van der Waals surface area contributed by atoms with Gasteiger partial charge in [0.25, 0.3) is 0 Å². The summed E-state index contributed by atoms with van der Waals surface area (Å²) in [4.78, 5) is 23.3. The van der Waals surface area contributed by atoms with E-state index in [0.29, 0.717) is 12.8 Å². The largest absolute Gasteiger partial charge is 0.490 e. The molecule has 0 bridgehead atoms. The molecule has 4 atom stereocenters. The Kier molecular flexibility index (Phi) is 16.1. The van der Waals surface area contributed by atoms with Gasteiger partial charge in [0.1, 0.15) is 18.8 Å². The molecular formula is C30H44F6O7. The zero-order valence-electron chi connectivity index (χ0n) is 25.8. The molecule has 4 unspecified atom stereocenters. The molecule has 0 aromatic heterocycles. The van der Waals surface area contributed by atoms with Crippen LogP contribution in [0.2, 0.25) is 0 Å². The molecule has 0 aliphatic heterocycles. The third-order valence-electron chi connectivity index (χ3n) is 7.72. The summed E-state index contributed by atoms with van der Waals surface area (Å²) >= 11 is 0. The minimum atomic E-state index is -5.19. The molecule has 7 nitrogen and oxygen atoms in total. The quantitative estimate of drug-likeness (QED) is 0.0665. The van der Waals surface area contributed by atoms with Crippen molar-refractivity contribution in [1.82, 2.24) is 0 Å². The molecule has 0 heterocycles. The van der Waals surface area contributed by atoms with Crippen LogP contribution >= 0.6 is 0 Å². The van der Waals surface area contributed by atoms with Crippen molar-refractivity contribution < 1.29 is 59.6 Å². The lowest BCUT2D eigenvalue weighted by molar-refractivity contribution is -0.218. The summed E-state index contributed by atoms with van der Waals surface area (Å²) in [6.45, 7) is 8.83. The Balaban J connectivity index is 6.31. The summed E-state index contributed by atoms with van der Waals surface area (Å²) in [6.07, 6.45) is 1.13. The van der Waals surface area contributed by atoms with Gasteiger partial charge >= 0.3 is 24.3 Å². The van der Waals surface area contributed by atoms with E-state index in [0.717, 1.165) is 0 Å². The van der Waals surface area contributed by atoms with E-state index in [9.17, 15) is 35.9 Å². The van der Waals surface area contributed by atoms with Gasteiger partial charge in [0, 0.05) is 10.8 Å². The van der Waals surface area contributed by atoms with Crippen LogP contribution in [0, 0.1) is 35.5 Å². The van der Waals surface area contributed by atoms with E-state index in [1.807, 2.05) is 0 Å². The topological polar surface area (TPSA) is 80.3 Å². The number of ether oxygens (including phenoxy) is 5. The molecule has 0 aliphatic rings. The fourth-order valence-corrected chi connectivity index (χ4v) is 4.61. The molecule has 0 aromatic carbocycles. The Bertz CT molecular complexity index is 970. The molecule has 0 radical (unpaired) electrons. The second-order valence-corrected chi connectivity index (χ2v) is 11.3. The van der Waals surface area contributed by atoms with E-state index in [2.05, 4.69) is 16.6 Å². The lowest BCUT2D eigenvalue weighted by Crippen LogP contribution is -2.48. The van der Waals surface area contributed by atoms with E-state index in [-0.39, 0.29) is 58.7 Å². The van der Waals surface area contributed by atoms with E-state index in [1.54, 1.807) is 34.6 Å². The van der Waals surface area contributed by atoms with E-state index < -0.39 is 52.9 Å². The summed E-state index contributed by atoms with van der Waals surface area (Å²) < 4.78 is 105. The highest BCUT2D eigenvalue weighted by Crippen LogP contribution is 2.42. The first-order chi connectivity index (χ1) is 19.7. The lowest BCUT2D eigenvalue weighted by Gasteiger charge is -2.44. The van der Waals surface area contributed by atoms with Gasteiger partial charge in [0.15, 0.2) is 0 Å². The van der Waals surface area contributed by atoms with Crippen LogP contribution in [0.4, 0.5) is 26.3 Å². The smallest absolute Gasteiger partial charge is 0.458 e. The molecule has 0 spiro atoms. The Morgan fingerprint density at radius 3 is 1.42 bits per heavy atom. The van der Waals surface area contributed by atoms with Gasteiger partial charge in [-0.1, -0.05) is 39.5 Å². The van der Waals surface area contributed by atoms with Gasteiger partial charge in [0.05, 0.1) is 32.0 Å². The minimum absolute atomic E-state index is 0.0416. The summed E-state index contributed by atoms with van der Waals surface area (Å²) in [5.41, 5.74) is -4.70. The Labute approximate surface area is 250 Å². The molecule has 0 aliphatic carbocycles. The van der Waals surface area contributed by atoms with Crippen molar-refractivity contribution in [3.63, 3.8) is 0 Å². The van der Waals surface area contributed by atoms with Crippen molar-refractivity contribution in [2.45, 2.75) is 104 Å². The number of alkyl halides is 6. The van der Waals surface area contributed by atoms with Gasteiger partial charge in [-0.05, 0) is 52.4 Å². The van der Waals surface area contributed by atoms with Crippen LogP contribution in [-0.4, -0.2) is 75.1 Å². The van der Waals surface area contributed by atoms with Crippen molar-refractivity contribution in [2.75, 3.05) is 39.6 Å². The van der Waals surface area contributed by atoms with Gasteiger partial charge < -0.3 is 23.7 Å². The first kappa shape index (κ1) is 40.5. The van der Waals surface area contributed by atoms with Crippen LogP contribution in [0.15, 0.2) is 0 Å². The second kappa shape index (κ2) is 17.1. The average molecular weight is 631 g/mol. The highest BCUT2D eigenvalue weighted by Gasteiger charge is 2.49. The van der Waals surface area contributed by atoms with Gasteiger partial charge in [-0.2, -0.15) is 26.3 Å². The third-order valence-corrected chi connectivity index (χ3v) is 7.72. The highest BCUT2D eigenvalue weighted by atomic mass is 19.4. The monoisotopic (exact) mass is 630 g/mol. The maximum Gasteiger partial charge on any atom is 0.490 e. The number of esters is 2. The zero-order chi connectivity index (χ0) is 33.6. The maximum absolute atomic E-state index is 13.0. The van der Waals surface area contributed by atoms with Crippen LogP contribution in [0.5, 0.6) is 0 Å². The van der Waals surface area contributed by atoms with Gasteiger partial charge in [-0.15, -0.1) is 12.8 Å². The normalized spacial score (nSPS) is 17.7. The van der Waals surface area contributed by atoms with E-state index >= 15 is 0 Å². The van der Waals surface area contributed by atoms with Crippen molar-refractivity contribution in [1.29, 1.82) is 0 Å². The minimum Gasteiger partial charge on any atom is -0.458 e. The second-order valence-electron chi connectivity index (χ2n) is 11.3. The number of carbonyl (C=O) groups is 2. The van der Waals surface area contributed by atoms with Gasteiger partial charge in [0.2, 0.25) is 0 Å². The molecule has 0 fully saturated rings. The van der Waals surface area contributed by atoms with Crippen LogP contribution in [0.3, 0.4) is 0 Å². The molecule has 0 saturated heterocycles. The van der Waals surface area contributed by atoms with Gasteiger partial charge in [-0.3, -0.25) is 0 Å². The predicted octanol–water partition coefficient (Wildman–Crippen LogP) is 6.42. The van der Waals surface area contributed by atoms with E-state index in [1.165, 1.54) is 6.92 Å². The van der Waals surface area contributed by atoms with Crippen LogP contribution in [-0.2, 0) is 33.3 Å². The predicted molar refractivity (Wildman–Crippen MR) is 146 cm³/mol. The van der Waals surface area contributed by atoms with Crippen molar-refractivity contribution in [2.24, 2.45) is 10.8 Å². The van der Waals surface area contributed by atoms with E-state index in [4.69, 9.17) is 31.8 Å². The third kappa shape index (κ3) is 13.8. The van der Waals surface area contributed by atoms with Crippen molar-refractivity contribution in [3.8, 4) is 24.7 Å². The number of hydrogen-bond acceptors (Lipinski definition) is 7. The summed E-state index contributed by atoms with van der Waals surface area (Å²) in [5.74, 6) is -0.0549. The standard InChI is InChI=1S/C30H44F6O7/c1-9-15-39-19-27(13-5,21-41-23(37)29(31,32)33)17-25(7,11-3)42-22-28(14-6,20-40-16-10-2)18-26(8,12-4)43-24(38)30(34,35)36/h1-2H,11-22H2,3-8H3. The zero-order valence-corrected chi connectivity index (χ0v) is 25.8. The molecule has 0 amide bonds. The maximum atomic E-state index is 13.0. The number of hydrogen-bond donors (Lipinski definition) is 0. The molecule has 0 saturated carbocycles. The summed E-state index contributed by atoms with van der Waals surface area (Å²) in [5, 5.41) is 0. The average Bonchev–Trinajstić information content (AvgIpc) is 2.93. The first-order valence-corrected chi connectivity index (χ1v) is 13.9. The van der Waals surface area contributed by atoms with Gasteiger partial charge in [-0.25, -0.2) is 9.59 Å². The Morgan fingerprint density at radius 1 is 0.628 bits per heavy atom. The fraction of sp³-hybridized carbons (Fsp3) is 0.800. The lowest BCUT2D eigenvalue weighted by atomic mass is 9.74. The molecule has 43 heavy (non-hydrogen) atoms. The summed E-state index contributed by atoms with van der Waals surface area (Å²) in [6, 6.07) is 0. The Hall–Kier alpha value is -2.48. The Morgan fingerprint density at radius 2 is 1.05 bits per heavy atom. The molecule has 0 aromatic rings. The van der Waals surface area contributed by atoms with Crippen LogP contribution in [0.1, 0.15) is 80.1 Å². The number of terminal acetylenes is 2. The van der Waals surface area contributed by atoms with Crippen molar-refractivity contribution >= 4 is 11.9 Å². The first-order valence-electron chi connectivity index (χ1n) is 13.9. The molecule has 0 N–H and O–H groups in total. The molecule has 13 heteroatoms. The SMILES string of the molecule is C#CCOCC(CC)(COC(=O)C(F)(F)F)CC(C)(CC)OCC(CC)(COCC#C)CC(C)(CC)OC(=O)C(F)(F)F. The molecular weight excluding hydrogens is 586 g/mol. The molecule has 0 rings (SSSR count). The van der Waals surface area contributed by atoms with Crippen LogP contribution in [0.25, 0.3) is 0 Å².